The minimum atomic E-state index is -4.73. The van der Waals surface area contributed by atoms with Crippen LogP contribution in [-0.4, -0.2) is 20.9 Å². The Labute approximate surface area is 203 Å². The van der Waals surface area contributed by atoms with Crippen LogP contribution in [-0.2, 0) is 21.0 Å². The molecule has 3 aromatic rings. The number of halogens is 5. The summed E-state index contributed by atoms with van der Waals surface area (Å²) in [5.74, 6) is -0.917. The molecular formula is C22H17Cl2F3N2O4S. The van der Waals surface area contributed by atoms with Crippen molar-refractivity contribution in [2.75, 3.05) is 16.6 Å². The number of carbonyl (C=O) groups is 1. The monoisotopic (exact) mass is 532 g/mol. The highest BCUT2D eigenvalue weighted by Crippen LogP contribution is 2.36. The summed E-state index contributed by atoms with van der Waals surface area (Å²) in [5, 5.41) is 1.86. The Morgan fingerprint density at radius 2 is 1.68 bits per heavy atom. The maximum Gasteiger partial charge on any atom is 0.418 e. The second-order valence-corrected chi connectivity index (χ2v) is 9.61. The van der Waals surface area contributed by atoms with E-state index < -0.39 is 40.0 Å². The molecule has 0 aliphatic heterocycles. The molecule has 0 fully saturated rings. The van der Waals surface area contributed by atoms with Crippen molar-refractivity contribution in [2.45, 2.75) is 18.0 Å². The van der Waals surface area contributed by atoms with Gasteiger partial charge in [-0.05, 0) is 55.5 Å². The third-order valence-corrected chi connectivity index (χ3v) is 6.35. The quantitative estimate of drug-likeness (QED) is 0.382. The molecule has 12 heteroatoms. The van der Waals surface area contributed by atoms with Crippen molar-refractivity contribution in [2.24, 2.45) is 0 Å². The van der Waals surface area contributed by atoms with Crippen molar-refractivity contribution < 1.29 is 31.1 Å². The maximum absolute atomic E-state index is 13.2. The molecule has 1 amide bonds. The highest BCUT2D eigenvalue weighted by atomic mass is 35.5. The van der Waals surface area contributed by atoms with Crippen molar-refractivity contribution in [3.8, 4) is 5.75 Å². The van der Waals surface area contributed by atoms with Crippen molar-refractivity contribution in [3.63, 3.8) is 0 Å². The van der Waals surface area contributed by atoms with Gasteiger partial charge in [-0.1, -0.05) is 40.9 Å². The first-order chi connectivity index (χ1) is 15.8. The number of anilines is 2. The van der Waals surface area contributed by atoms with Crippen molar-refractivity contribution in [1.82, 2.24) is 0 Å². The topological polar surface area (TPSA) is 84.5 Å². The van der Waals surface area contributed by atoms with Crippen LogP contribution in [0.5, 0.6) is 5.75 Å². The van der Waals surface area contributed by atoms with Crippen LogP contribution >= 0.6 is 23.2 Å². The number of amides is 1. The van der Waals surface area contributed by atoms with Gasteiger partial charge in [-0.15, -0.1) is 0 Å². The molecule has 0 aliphatic rings. The summed E-state index contributed by atoms with van der Waals surface area (Å²) >= 11 is 11.7. The molecular weight excluding hydrogens is 516 g/mol. The molecule has 0 heterocycles. The molecule has 3 aromatic carbocycles. The molecule has 0 aromatic heterocycles. The summed E-state index contributed by atoms with van der Waals surface area (Å²) < 4.78 is 72.3. The lowest BCUT2D eigenvalue weighted by Crippen LogP contribution is -2.22. The zero-order chi connectivity index (χ0) is 25.1. The fourth-order valence-electron chi connectivity index (χ4n) is 2.79. The van der Waals surface area contributed by atoms with E-state index in [0.29, 0.717) is 11.8 Å². The van der Waals surface area contributed by atoms with Crippen LogP contribution in [0.15, 0.2) is 65.6 Å². The van der Waals surface area contributed by atoms with Crippen LogP contribution in [0.25, 0.3) is 0 Å². The van der Waals surface area contributed by atoms with Gasteiger partial charge in [-0.25, -0.2) is 8.42 Å². The summed E-state index contributed by atoms with van der Waals surface area (Å²) in [7, 11) is -3.95. The molecule has 0 saturated carbocycles. The van der Waals surface area contributed by atoms with E-state index in [4.69, 9.17) is 27.9 Å². The minimum Gasteiger partial charge on any atom is -0.482 e. The molecule has 0 bridgehead atoms. The Morgan fingerprint density at radius 3 is 2.29 bits per heavy atom. The lowest BCUT2D eigenvalue weighted by atomic mass is 10.1. The summed E-state index contributed by atoms with van der Waals surface area (Å²) in [6.45, 7) is 1.19. The SMILES string of the molecule is Cc1ccc(NS(=O)(=O)c2ccc(OCC(=O)Nc3ccc(Cl)cc3C(F)(F)F)c(Cl)c2)cc1. The molecule has 2 N–H and O–H groups in total. The standard InChI is InChI=1S/C22H17Cl2F3N2O4S/c1-13-2-5-15(6-3-13)29-34(31,32)16-7-9-20(18(24)11-16)33-12-21(30)28-19-8-4-14(23)10-17(19)22(25,26)27/h2-11,29H,12H2,1H3,(H,28,30). The number of aryl methyl sites for hydroxylation is 1. The number of hydrogen-bond donors (Lipinski definition) is 2. The first-order valence-corrected chi connectivity index (χ1v) is 11.8. The molecule has 0 radical (unpaired) electrons. The lowest BCUT2D eigenvalue weighted by molar-refractivity contribution is -0.137. The average molecular weight is 533 g/mol. The van der Waals surface area contributed by atoms with Gasteiger partial charge < -0.3 is 10.1 Å². The Hall–Kier alpha value is -2.95. The van der Waals surface area contributed by atoms with Crippen LogP contribution in [0.1, 0.15) is 11.1 Å². The summed E-state index contributed by atoms with van der Waals surface area (Å²) in [6.07, 6.45) is -4.73. The Morgan fingerprint density at radius 1 is 1.00 bits per heavy atom. The first kappa shape index (κ1) is 25.7. The molecule has 0 aliphatic carbocycles. The smallest absolute Gasteiger partial charge is 0.418 e. The van der Waals surface area contributed by atoms with E-state index in [1.807, 2.05) is 6.92 Å². The van der Waals surface area contributed by atoms with E-state index in [1.165, 1.54) is 18.2 Å². The van der Waals surface area contributed by atoms with Crippen LogP contribution in [0.4, 0.5) is 24.5 Å². The largest absolute Gasteiger partial charge is 0.482 e. The molecule has 6 nitrogen and oxygen atoms in total. The number of alkyl halides is 3. The Bertz CT molecular complexity index is 1310. The molecule has 3 rings (SSSR count). The van der Waals surface area contributed by atoms with Gasteiger partial charge in [-0.2, -0.15) is 13.2 Å². The van der Waals surface area contributed by atoms with Gasteiger partial charge in [0.2, 0.25) is 0 Å². The summed E-state index contributed by atoms with van der Waals surface area (Å²) in [4.78, 5) is 12.0. The number of benzene rings is 3. The molecule has 0 atom stereocenters. The third kappa shape index (κ3) is 6.55. The minimum absolute atomic E-state index is 0.0294. The molecule has 0 spiro atoms. The molecule has 0 saturated heterocycles. The fourth-order valence-corrected chi connectivity index (χ4v) is 4.35. The zero-order valence-corrected chi connectivity index (χ0v) is 19.7. The Balaban J connectivity index is 1.67. The van der Waals surface area contributed by atoms with Gasteiger partial charge in [-0.3, -0.25) is 9.52 Å². The van der Waals surface area contributed by atoms with E-state index in [0.717, 1.165) is 17.7 Å². The van der Waals surface area contributed by atoms with E-state index in [2.05, 4.69) is 10.0 Å². The van der Waals surface area contributed by atoms with Crippen LogP contribution in [0.3, 0.4) is 0 Å². The Kier molecular flexibility index (Phi) is 7.64. The molecule has 180 valence electrons. The van der Waals surface area contributed by atoms with Gasteiger partial charge >= 0.3 is 6.18 Å². The van der Waals surface area contributed by atoms with Gasteiger partial charge in [0, 0.05) is 10.7 Å². The number of carbonyl (C=O) groups excluding carboxylic acids is 1. The average Bonchev–Trinajstić information content (AvgIpc) is 2.75. The van der Waals surface area contributed by atoms with Gasteiger partial charge in [0.05, 0.1) is 21.2 Å². The van der Waals surface area contributed by atoms with Crippen molar-refractivity contribution in [1.29, 1.82) is 0 Å². The van der Waals surface area contributed by atoms with Crippen molar-refractivity contribution in [3.05, 3.63) is 81.8 Å². The van der Waals surface area contributed by atoms with Gasteiger partial charge in [0.25, 0.3) is 15.9 Å². The summed E-state index contributed by atoms with van der Waals surface area (Å²) in [5.41, 5.74) is -0.274. The molecule has 0 unspecified atom stereocenters. The predicted molar refractivity (Wildman–Crippen MR) is 124 cm³/mol. The number of sulfonamides is 1. The first-order valence-electron chi connectivity index (χ1n) is 9.53. The second kappa shape index (κ2) is 10.1. The van der Waals surface area contributed by atoms with Crippen LogP contribution < -0.4 is 14.8 Å². The molecule has 34 heavy (non-hydrogen) atoms. The van der Waals surface area contributed by atoms with Crippen LogP contribution in [0, 0.1) is 6.92 Å². The van der Waals surface area contributed by atoms with Crippen molar-refractivity contribution >= 4 is 50.5 Å². The van der Waals surface area contributed by atoms with E-state index in [9.17, 15) is 26.4 Å². The van der Waals surface area contributed by atoms with Crippen LogP contribution in [0.2, 0.25) is 10.0 Å². The third-order valence-electron chi connectivity index (χ3n) is 4.44. The highest BCUT2D eigenvalue weighted by Gasteiger charge is 2.34. The zero-order valence-electron chi connectivity index (χ0n) is 17.4. The number of rotatable bonds is 7. The normalized spacial score (nSPS) is 11.7. The second-order valence-electron chi connectivity index (χ2n) is 7.09. The van der Waals surface area contributed by atoms with Gasteiger partial charge in [0.15, 0.2) is 6.61 Å². The van der Waals surface area contributed by atoms with E-state index in [-0.39, 0.29) is 20.7 Å². The number of hydrogen-bond acceptors (Lipinski definition) is 4. The predicted octanol–water partition coefficient (Wildman–Crippen LogP) is 6.14. The maximum atomic E-state index is 13.2. The highest BCUT2D eigenvalue weighted by molar-refractivity contribution is 7.92. The lowest BCUT2D eigenvalue weighted by Gasteiger charge is -2.15. The van der Waals surface area contributed by atoms with E-state index >= 15 is 0 Å². The number of ether oxygens (including phenoxy) is 1. The summed E-state index contributed by atoms with van der Waals surface area (Å²) in [6, 6.07) is 13.2. The van der Waals surface area contributed by atoms with E-state index in [1.54, 1.807) is 24.3 Å². The van der Waals surface area contributed by atoms with Gasteiger partial charge in [0.1, 0.15) is 5.75 Å². The number of nitrogens with one attached hydrogen (secondary N) is 2. The fraction of sp³-hybridized carbons (Fsp3) is 0.136.